The van der Waals surface area contributed by atoms with E-state index in [0.29, 0.717) is 29.1 Å². The lowest BCUT2D eigenvalue weighted by atomic mass is 9.50. The Bertz CT molecular complexity index is 709. The second kappa shape index (κ2) is 6.41. The fourth-order valence-electron chi connectivity index (χ4n) is 8.00. The highest BCUT2D eigenvalue weighted by atomic mass is 16.7. The van der Waals surface area contributed by atoms with E-state index in [4.69, 9.17) is 14.2 Å². The van der Waals surface area contributed by atoms with Crippen molar-refractivity contribution in [2.45, 2.75) is 77.5 Å². The van der Waals surface area contributed by atoms with E-state index >= 15 is 0 Å². The van der Waals surface area contributed by atoms with Crippen molar-refractivity contribution in [3.05, 3.63) is 23.3 Å². The zero-order chi connectivity index (χ0) is 19.8. The topological polar surface area (TPSA) is 51.2 Å². The van der Waals surface area contributed by atoms with Crippen LogP contribution in [0.1, 0.15) is 52.9 Å². The van der Waals surface area contributed by atoms with Gasteiger partial charge in [0, 0.05) is 25.6 Å². The van der Waals surface area contributed by atoms with Crippen LogP contribution in [0.3, 0.4) is 0 Å². The third kappa shape index (κ3) is 2.38. The Hall–Kier alpha value is -0.680. The molecule has 0 aromatic heterocycles. The van der Waals surface area contributed by atoms with E-state index in [1.807, 2.05) is 0 Å². The van der Waals surface area contributed by atoms with E-state index in [-0.39, 0.29) is 30.0 Å². The first-order chi connectivity index (χ1) is 13.4. The molecule has 1 unspecified atom stereocenters. The van der Waals surface area contributed by atoms with E-state index in [1.165, 1.54) is 31.3 Å². The first kappa shape index (κ1) is 19.3. The molecule has 5 rings (SSSR count). The highest BCUT2D eigenvalue weighted by Gasteiger charge is 2.66. The summed E-state index contributed by atoms with van der Waals surface area (Å²) in [5.74, 6) is 2.24. The zero-order valence-corrected chi connectivity index (χ0v) is 18.0. The molecular weight excluding hydrogens is 352 g/mol. The number of epoxide rings is 1. The molecule has 1 saturated heterocycles. The van der Waals surface area contributed by atoms with Gasteiger partial charge in [0.25, 0.3) is 0 Å². The van der Waals surface area contributed by atoms with E-state index in [1.54, 1.807) is 19.8 Å². The maximum atomic E-state index is 10.3. The van der Waals surface area contributed by atoms with Crippen molar-refractivity contribution >= 4 is 0 Å². The largest absolute Gasteiger partial charge is 0.390 e. The summed E-state index contributed by atoms with van der Waals surface area (Å²) >= 11 is 0. The monoisotopic (exact) mass is 388 g/mol. The van der Waals surface area contributed by atoms with Crippen molar-refractivity contribution in [1.29, 1.82) is 0 Å². The van der Waals surface area contributed by atoms with Gasteiger partial charge >= 0.3 is 0 Å². The smallest absolute Gasteiger partial charge is 0.159 e. The number of hydrogen-bond acceptors (Lipinski definition) is 4. The lowest BCUT2D eigenvalue weighted by Gasteiger charge is -2.54. The SMILES string of the molecule is COC(OC)C(C)[C@H]1CC[C@H]2C3=CC=C4C[C@@H](O)[C@@H]5O[C@@H]5[C@]4(C)[C@H]3CC[C@]12C. The van der Waals surface area contributed by atoms with Crippen LogP contribution >= 0.6 is 0 Å². The molecule has 9 atom stereocenters. The normalized spacial score (nSPS) is 50.1. The lowest BCUT2D eigenvalue weighted by Crippen LogP contribution is -2.50. The van der Waals surface area contributed by atoms with Crippen LogP contribution in [0.15, 0.2) is 23.3 Å². The van der Waals surface area contributed by atoms with Gasteiger partial charge in [-0.1, -0.05) is 44.1 Å². The van der Waals surface area contributed by atoms with Gasteiger partial charge in [-0.05, 0) is 55.3 Å². The van der Waals surface area contributed by atoms with Gasteiger partial charge in [-0.15, -0.1) is 0 Å². The van der Waals surface area contributed by atoms with E-state index in [9.17, 15) is 5.11 Å². The zero-order valence-electron chi connectivity index (χ0n) is 18.0. The minimum atomic E-state index is -0.315. The van der Waals surface area contributed by atoms with Gasteiger partial charge in [-0.25, -0.2) is 0 Å². The molecule has 1 heterocycles. The molecule has 0 radical (unpaired) electrons. The van der Waals surface area contributed by atoms with Gasteiger partial charge in [0.2, 0.25) is 0 Å². The average molecular weight is 389 g/mol. The Kier molecular flexibility index (Phi) is 4.41. The summed E-state index contributed by atoms with van der Waals surface area (Å²) in [5.41, 5.74) is 3.47. The van der Waals surface area contributed by atoms with Crippen molar-refractivity contribution in [2.75, 3.05) is 14.2 Å². The third-order valence-electron chi connectivity index (χ3n) is 9.53. The van der Waals surface area contributed by atoms with Crippen molar-refractivity contribution in [1.82, 2.24) is 0 Å². The standard InChI is InChI=1S/C24H36O4/c1-13(22(26-4)27-5)16-8-9-17-15-7-6-14-12-19(25)20-21(28-20)24(14,3)18(15)10-11-23(16,17)2/h6-7,13,16-22,25H,8-12H2,1-5H3/t13?,16-,17+,18+,19-,20+,21+,23-,24+/m1/s1. The highest BCUT2D eigenvalue weighted by molar-refractivity contribution is 5.42. The van der Waals surface area contributed by atoms with Crippen LogP contribution < -0.4 is 0 Å². The molecule has 28 heavy (non-hydrogen) atoms. The highest BCUT2D eigenvalue weighted by Crippen LogP contribution is 2.68. The second-order valence-corrected chi connectivity index (χ2v) is 10.5. The van der Waals surface area contributed by atoms with Gasteiger partial charge < -0.3 is 19.3 Å². The van der Waals surface area contributed by atoms with Crippen LogP contribution in [-0.2, 0) is 14.2 Å². The van der Waals surface area contributed by atoms with Crippen molar-refractivity contribution < 1.29 is 19.3 Å². The van der Waals surface area contributed by atoms with Crippen molar-refractivity contribution in [3.8, 4) is 0 Å². The molecular formula is C24H36O4. The van der Waals surface area contributed by atoms with E-state index < -0.39 is 0 Å². The molecule has 4 nitrogen and oxygen atoms in total. The Labute approximate surface area is 169 Å². The van der Waals surface area contributed by atoms with Gasteiger partial charge in [-0.3, -0.25) is 0 Å². The summed E-state index contributed by atoms with van der Waals surface area (Å²) in [4.78, 5) is 0. The molecule has 0 amide bonds. The average Bonchev–Trinajstić information content (AvgIpc) is 3.41. The summed E-state index contributed by atoms with van der Waals surface area (Å²) in [6.45, 7) is 7.24. The number of methoxy groups -OCH3 is 2. The van der Waals surface area contributed by atoms with E-state index in [2.05, 4.69) is 32.9 Å². The summed E-state index contributed by atoms with van der Waals surface area (Å²) in [6.07, 6.45) is 10.4. The Morgan fingerprint density at radius 1 is 1.11 bits per heavy atom. The molecule has 3 saturated carbocycles. The van der Waals surface area contributed by atoms with Crippen LogP contribution in [0.5, 0.6) is 0 Å². The Morgan fingerprint density at radius 3 is 2.57 bits per heavy atom. The summed E-state index contributed by atoms with van der Waals surface area (Å²) in [6, 6.07) is 0. The van der Waals surface area contributed by atoms with Crippen LogP contribution in [0.4, 0.5) is 0 Å². The number of fused-ring (bicyclic) bond motifs is 7. The fourth-order valence-corrected chi connectivity index (χ4v) is 8.00. The predicted octanol–water partition coefficient (Wildman–Crippen LogP) is 4.09. The van der Waals surface area contributed by atoms with E-state index in [0.717, 1.165) is 6.42 Å². The van der Waals surface area contributed by atoms with Crippen LogP contribution in [-0.4, -0.2) is 43.9 Å². The van der Waals surface area contributed by atoms with Crippen LogP contribution in [0, 0.1) is 34.5 Å². The first-order valence-electron chi connectivity index (χ1n) is 11.2. The summed E-state index contributed by atoms with van der Waals surface area (Å²) in [5, 5.41) is 10.3. The maximum Gasteiger partial charge on any atom is 0.159 e. The van der Waals surface area contributed by atoms with Crippen LogP contribution in [0.2, 0.25) is 0 Å². The number of aliphatic hydroxyl groups excluding tert-OH is 1. The minimum absolute atomic E-state index is 0.0651. The van der Waals surface area contributed by atoms with Gasteiger partial charge in [0.1, 0.15) is 6.10 Å². The number of allylic oxidation sites excluding steroid dienone is 3. The lowest BCUT2D eigenvalue weighted by molar-refractivity contribution is -0.156. The minimum Gasteiger partial charge on any atom is -0.390 e. The first-order valence-corrected chi connectivity index (χ1v) is 11.2. The van der Waals surface area contributed by atoms with Crippen molar-refractivity contribution in [2.24, 2.45) is 34.5 Å². The summed E-state index contributed by atoms with van der Waals surface area (Å²) < 4.78 is 17.3. The van der Waals surface area contributed by atoms with Gasteiger partial charge in [0.15, 0.2) is 6.29 Å². The molecule has 0 bridgehead atoms. The molecule has 0 aromatic rings. The van der Waals surface area contributed by atoms with Crippen LogP contribution in [0.25, 0.3) is 0 Å². The number of ether oxygens (including phenoxy) is 3. The quantitative estimate of drug-likeness (QED) is 0.582. The maximum absolute atomic E-state index is 10.3. The molecule has 0 aromatic carbocycles. The molecule has 4 fully saturated rings. The fraction of sp³-hybridized carbons (Fsp3) is 0.833. The van der Waals surface area contributed by atoms with Gasteiger partial charge in [-0.2, -0.15) is 0 Å². The molecule has 1 N–H and O–H groups in total. The molecule has 4 aliphatic carbocycles. The number of hydrogen-bond donors (Lipinski definition) is 1. The third-order valence-corrected chi connectivity index (χ3v) is 9.53. The molecule has 156 valence electrons. The molecule has 1 aliphatic heterocycles. The summed E-state index contributed by atoms with van der Waals surface area (Å²) in [7, 11) is 3.52. The molecule has 0 spiro atoms. The number of rotatable bonds is 4. The number of aliphatic hydroxyl groups is 1. The van der Waals surface area contributed by atoms with Gasteiger partial charge in [0.05, 0.1) is 12.2 Å². The predicted molar refractivity (Wildman–Crippen MR) is 108 cm³/mol. The van der Waals surface area contributed by atoms with Crippen molar-refractivity contribution in [3.63, 3.8) is 0 Å². The Balaban J connectivity index is 1.46. The second-order valence-electron chi connectivity index (χ2n) is 10.5. The Morgan fingerprint density at radius 2 is 1.86 bits per heavy atom. The molecule has 5 aliphatic rings. The molecule has 4 heteroatoms.